The van der Waals surface area contributed by atoms with Crippen molar-refractivity contribution in [2.45, 2.75) is 52.6 Å². The molecule has 0 N–H and O–H groups in total. The number of aromatic nitrogens is 4. The second kappa shape index (κ2) is 7.06. The lowest BCUT2D eigenvalue weighted by atomic mass is 10.1. The molecule has 2 aromatic heterocycles. The molecule has 2 aliphatic heterocycles. The number of likely N-dealkylation sites (tertiary alicyclic amines) is 1. The van der Waals surface area contributed by atoms with Gasteiger partial charge in [0.15, 0.2) is 5.82 Å². The third-order valence-electron chi connectivity index (χ3n) is 5.74. The molecule has 29 heavy (non-hydrogen) atoms. The molecule has 9 heteroatoms. The molecule has 9 nitrogen and oxygen atoms in total. The Balaban J connectivity index is 1.62. The molecule has 152 valence electrons. The molecule has 0 aliphatic carbocycles. The number of anilines is 1. The lowest BCUT2D eigenvalue weighted by Gasteiger charge is -2.25. The summed E-state index contributed by atoms with van der Waals surface area (Å²) >= 11 is 0. The first-order valence-corrected chi connectivity index (χ1v) is 9.74. The Morgan fingerprint density at radius 1 is 1.17 bits per heavy atom. The van der Waals surface area contributed by atoms with E-state index in [1.54, 1.807) is 36.8 Å². The molecule has 0 saturated carbocycles. The van der Waals surface area contributed by atoms with E-state index in [1.807, 2.05) is 6.92 Å². The van der Waals surface area contributed by atoms with Crippen LogP contribution in [0, 0.1) is 20.8 Å². The Kier molecular flexibility index (Phi) is 4.68. The average Bonchev–Trinajstić information content (AvgIpc) is 3.25. The SMILES string of the molecule is Cc1cc(C)n(CC(=O)N2CCC[C@@H]2c2nc(C)c3c(n2)N(C)C(=O)C3)c(=O)n1. The van der Waals surface area contributed by atoms with Crippen molar-refractivity contribution in [3.63, 3.8) is 0 Å². The van der Waals surface area contributed by atoms with Crippen LogP contribution in [0.4, 0.5) is 5.82 Å². The monoisotopic (exact) mass is 396 g/mol. The molecular formula is C20H24N6O3. The van der Waals surface area contributed by atoms with Gasteiger partial charge in [0.25, 0.3) is 0 Å². The van der Waals surface area contributed by atoms with Crippen LogP contribution >= 0.6 is 0 Å². The van der Waals surface area contributed by atoms with Crippen molar-refractivity contribution in [1.82, 2.24) is 24.4 Å². The van der Waals surface area contributed by atoms with E-state index in [1.165, 1.54) is 4.57 Å². The van der Waals surface area contributed by atoms with Crippen LogP contribution in [-0.4, -0.2) is 49.8 Å². The van der Waals surface area contributed by atoms with Crippen molar-refractivity contribution in [3.05, 3.63) is 45.0 Å². The summed E-state index contributed by atoms with van der Waals surface area (Å²) in [5.74, 6) is 1.02. The van der Waals surface area contributed by atoms with Crippen LogP contribution in [0.5, 0.6) is 0 Å². The summed E-state index contributed by atoms with van der Waals surface area (Å²) in [7, 11) is 1.71. The predicted molar refractivity (Wildman–Crippen MR) is 106 cm³/mol. The first-order chi connectivity index (χ1) is 13.8. The molecule has 0 spiro atoms. The summed E-state index contributed by atoms with van der Waals surface area (Å²) in [6, 6.07) is 1.53. The summed E-state index contributed by atoms with van der Waals surface area (Å²) in [5.41, 5.74) is 2.55. The second-order valence-electron chi connectivity index (χ2n) is 7.75. The summed E-state index contributed by atoms with van der Waals surface area (Å²) < 4.78 is 1.39. The molecule has 1 fully saturated rings. The number of hydrogen-bond acceptors (Lipinski definition) is 6. The first kappa shape index (κ1) is 19.2. The maximum atomic E-state index is 13.0. The average molecular weight is 396 g/mol. The number of hydrogen-bond donors (Lipinski definition) is 0. The van der Waals surface area contributed by atoms with Crippen LogP contribution < -0.4 is 10.6 Å². The zero-order chi connectivity index (χ0) is 20.9. The van der Waals surface area contributed by atoms with Crippen molar-refractivity contribution in [3.8, 4) is 0 Å². The Bertz CT molecular complexity index is 1080. The van der Waals surface area contributed by atoms with Crippen molar-refractivity contribution in [1.29, 1.82) is 0 Å². The molecule has 4 heterocycles. The van der Waals surface area contributed by atoms with E-state index in [4.69, 9.17) is 0 Å². The van der Waals surface area contributed by atoms with E-state index in [2.05, 4.69) is 15.0 Å². The number of amides is 2. The fraction of sp³-hybridized carbons (Fsp3) is 0.500. The van der Waals surface area contributed by atoms with E-state index in [9.17, 15) is 14.4 Å². The van der Waals surface area contributed by atoms with Crippen molar-refractivity contribution in [2.24, 2.45) is 0 Å². The van der Waals surface area contributed by atoms with Gasteiger partial charge in [-0.25, -0.2) is 14.8 Å². The topological polar surface area (TPSA) is 101 Å². The lowest BCUT2D eigenvalue weighted by Crippen LogP contribution is -2.38. The van der Waals surface area contributed by atoms with Gasteiger partial charge in [0.2, 0.25) is 11.8 Å². The summed E-state index contributed by atoms with van der Waals surface area (Å²) in [4.78, 5) is 53.8. The number of aryl methyl sites for hydroxylation is 3. The second-order valence-corrected chi connectivity index (χ2v) is 7.75. The van der Waals surface area contributed by atoms with E-state index in [-0.39, 0.29) is 24.4 Å². The van der Waals surface area contributed by atoms with E-state index < -0.39 is 5.69 Å². The Morgan fingerprint density at radius 3 is 2.66 bits per heavy atom. The Morgan fingerprint density at radius 2 is 1.93 bits per heavy atom. The molecule has 4 rings (SSSR count). The van der Waals surface area contributed by atoms with Crippen molar-refractivity contribution < 1.29 is 9.59 Å². The normalized spacial score (nSPS) is 18.5. The van der Waals surface area contributed by atoms with Crippen LogP contribution in [-0.2, 0) is 22.6 Å². The molecule has 0 bridgehead atoms. The molecule has 2 aromatic rings. The maximum Gasteiger partial charge on any atom is 0.348 e. The standard InChI is InChI=1S/C20H24N6O3/c1-11-8-12(2)26(20(29)21-11)10-17(28)25-7-5-6-15(25)18-22-13(3)14-9-16(27)24(4)19(14)23-18/h8,15H,5-7,9-10H2,1-4H3/t15-/m1/s1. The fourth-order valence-corrected chi connectivity index (χ4v) is 4.15. The molecule has 1 saturated heterocycles. The maximum absolute atomic E-state index is 13.0. The zero-order valence-corrected chi connectivity index (χ0v) is 17.1. The third-order valence-corrected chi connectivity index (χ3v) is 5.74. The number of carbonyl (C=O) groups excluding carboxylic acids is 2. The highest BCUT2D eigenvalue weighted by Gasteiger charge is 2.35. The van der Waals surface area contributed by atoms with Gasteiger partial charge >= 0.3 is 5.69 Å². The van der Waals surface area contributed by atoms with Crippen LogP contribution in [0.3, 0.4) is 0 Å². The van der Waals surface area contributed by atoms with Gasteiger partial charge in [0.05, 0.1) is 12.5 Å². The third kappa shape index (κ3) is 3.30. The van der Waals surface area contributed by atoms with Gasteiger partial charge in [-0.15, -0.1) is 0 Å². The van der Waals surface area contributed by atoms with Gasteiger partial charge in [-0.3, -0.25) is 19.1 Å². The van der Waals surface area contributed by atoms with Crippen LogP contribution in [0.2, 0.25) is 0 Å². The van der Waals surface area contributed by atoms with Gasteiger partial charge in [-0.05, 0) is 39.7 Å². The van der Waals surface area contributed by atoms with Crippen molar-refractivity contribution in [2.75, 3.05) is 18.5 Å². The minimum atomic E-state index is -0.420. The van der Waals surface area contributed by atoms with E-state index >= 15 is 0 Å². The fourth-order valence-electron chi connectivity index (χ4n) is 4.15. The van der Waals surface area contributed by atoms with Crippen LogP contribution in [0.25, 0.3) is 0 Å². The van der Waals surface area contributed by atoms with Crippen molar-refractivity contribution >= 4 is 17.6 Å². The highest BCUT2D eigenvalue weighted by Crippen LogP contribution is 2.34. The smallest absolute Gasteiger partial charge is 0.331 e. The van der Waals surface area contributed by atoms with Crippen LogP contribution in [0.15, 0.2) is 10.9 Å². The number of rotatable bonds is 3. The quantitative estimate of drug-likeness (QED) is 0.762. The molecule has 1 atom stereocenters. The molecule has 2 aliphatic rings. The van der Waals surface area contributed by atoms with Crippen LogP contribution in [0.1, 0.15) is 47.4 Å². The van der Waals surface area contributed by atoms with E-state index in [0.717, 1.165) is 24.1 Å². The Hall–Kier alpha value is -3.10. The molecule has 0 unspecified atom stereocenters. The molecule has 0 radical (unpaired) electrons. The van der Waals surface area contributed by atoms with Gasteiger partial charge in [0.1, 0.15) is 12.4 Å². The highest BCUT2D eigenvalue weighted by molar-refractivity contribution is 6.00. The summed E-state index contributed by atoms with van der Waals surface area (Å²) in [6.45, 7) is 5.96. The molecule has 0 aromatic carbocycles. The first-order valence-electron chi connectivity index (χ1n) is 9.74. The lowest BCUT2D eigenvalue weighted by molar-refractivity contribution is -0.133. The van der Waals surface area contributed by atoms with Gasteiger partial charge in [-0.2, -0.15) is 4.98 Å². The van der Waals surface area contributed by atoms with E-state index in [0.29, 0.717) is 36.0 Å². The molecular weight excluding hydrogens is 372 g/mol. The van der Waals surface area contributed by atoms with Gasteiger partial charge < -0.3 is 4.90 Å². The number of fused-ring (bicyclic) bond motifs is 1. The Labute approximate surface area is 168 Å². The highest BCUT2D eigenvalue weighted by atomic mass is 16.2. The number of likely N-dealkylation sites (N-methyl/N-ethyl adjacent to an activating group) is 1. The summed E-state index contributed by atoms with van der Waals surface area (Å²) in [5, 5.41) is 0. The van der Waals surface area contributed by atoms with Gasteiger partial charge in [-0.1, -0.05) is 0 Å². The predicted octanol–water partition coefficient (Wildman–Crippen LogP) is 0.841. The zero-order valence-electron chi connectivity index (χ0n) is 17.1. The largest absolute Gasteiger partial charge is 0.348 e. The molecule has 2 amide bonds. The number of nitrogens with zero attached hydrogens (tertiary/aromatic N) is 6. The summed E-state index contributed by atoms with van der Waals surface area (Å²) in [6.07, 6.45) is 1.90. The minimum absolute atomic E-state index is 0.00405. The van der Waals surface area contributed by atoms with Gasteiger partial charge in [0, 0.05) is 36.2 Å². The minimum Gasteiger partial charge on any atom is -0.331 e. The number of carbonyl (C=O) groups is 2.